The number of benzene rings is 1. The van der Waals surface area contributed by atoms with E-state index in [9.17, 15) is 9.59 Å². The summed E-state index contributed by atoms with van der Waals surface area (Å²) in [5.41, 5.74) is 0.448. The Bertz CT molecular complexity index is 634. The number of halogens is 1. The summed E-state index contributed by atoms with van der Waals surface area (Å²) in [7, 11) is 0. The Kier molecular flexibility index (Phi) is 4.27. The highest BCUT2D eigenvalue weighted by atomic mass is 35.5. The van der Waals surface area contributed by atoms with E-state index in [2.05, 4.69) is 9.97 Å². The van der Waals surface area contributed by atoms with E-state index >= 15 is 0 Å². The van der Waals surface area contributed by atoms with Gasteiger partial charge in [0.15, 0.2) is 0 Å². The van der Waals surface area contributed by atoms with Crippen molar-refractivity contribution in [3.63, 3.8) is 0 Å². The SMILES string of the molecule is O=C(O)CN(C(=O)c1cncc(Cl)n1)c1ccccc1. The van der Waals surface area contributed by atoms with E-state index in [1.807, 2.05) is 0 Å². The average Bonchev–Trinajstić information content (AvgIpc) is 2.45. The molecule has 2 aromatic rings. The summed E-state index contributed by atoms with van der Waals surface area (Å²) in [6.45, 7) is -0.475. The fourth-order valence-electron chi connectivity index (χ4n) is 1.61. The first-order valence-electron chi connectivity index (χ1n) is 5.64. The van der Waals surface area contributed by atoms with Crippen molar-refractivity contribution in [2.45, 2.75) is 0 Å². The van der Waals surface area contributed by atoms with Crippen LogP contribution in [-0.2, 0) is 4.79 Å². The van der Waals surface area contributed by atoms with Crippen molar-refractivity contribution in [1.82, 2.24) is 9.97 Å². The van der Waals surface area contributed by atoms with E-state index in [0.29, 0.717) is 5.69 Å². The van der Waals surface area contributed by atoms with E-state index in [1.54, 1.807) is 30.3 Å². The van der Waals surface area contributed by atoms with Gasteiger partial charge in [-0.25, -0.2) is 4.98 Å². The van der Waals surface area contributed by atoms with E-state index in [-0.39, 0.29) is 10.8 Å². The largest absolute Gasteiger partial charge is 0.480 e. The fourth-order valence-corrected chi connectivity index (χ4v) is 1.75. The average molecular weight is 292 g/mol. The van der Waals surface area contributed by atoms with Gasteiger partial charge < -0.3 is 5.11 Å². The van der Waals surface area contributed by atoms with Crippen molar-refractivity contribution < 1.29 is 14.7 Å². The number of rotatable bonds is 4. The van der Waals surface area contributed by atoms with Gasteiger partial charge in [-0.15, -0.1) is 0 Å². The monoisotopic (exact) mass is 291 g/mol. The van der Waals surface area contributed by atoms with Crippen LogP contribution < -0.4 is 4.90 Å². The van der Waals surface area contributed by atoms with Crippen LogP contribution in [0.25, 0.3) is 0 Å². The molecule has 20 heavy (non-hydrogen) atoms. The van der Waals surface area contributed by atoms with Gasteiger partial charge in [-0.1, -0.05) is 29.8 Å². The topological polar surface area (TPSA) is 83.4 Å². The van der Waals surface area contributed by atoms with E-state index in [0.717, 1.165) is 4.90 Å². The Labute approximate surface area is 119 Å². The zero-order valence-corrected chi connectivity index (χ0v) is 11.0. The Morgan fingerprint density at radius 3 is 2.50 bits per heavy atom. The van der Waals surface area contributed by atoms with Crippen LogP contribution in [0.4, 0.5) is 5.69 Å². The Morgan fingerprint density at radius 1 is 1.20 bits per heavy atom. The van der Waals surface area contributed by atoms with Crippen LogP contribution in [0.5, 0.6) is 0 Å². The smallest absolute Gasteiger partial charge is 0.323 e. The van der Waals surface area contributed by atoms with Crippen LogP contribution in [0.3, 0.4) is 0 Å². The molecule has 0 aliphatic carbocycles. The molecule has 0 atom stereocenters. The second-order valence-corrected chi connectivity index (χ2v) is 4.23. The molecule has 1 aromatic carbocycles. The molecule has 0 bridgehead atoms. The maximum absolute atomic E-state index is 12.3. The summed E-state index contributed by atoms with van der Waals surface area (Å²) in [4.78, 5) is 32.0. The highest BCUT2D eigenvalue weighted by Crippen LogP contribution is 2.16. The molecule has 0 fully saturated rings. The lowest BCUT2D eigenvalue weighted by Gasteiger charge is -2.20. The van der Waals surface area contributed by atoms with Crippen LogP contribution in [-0.4, -0.2) is 33.5 Å². The van der Waals surface area contributed by atoms with Crippen molar-refractivity contribution in [2.75, 3.05) is 11.4 Å². The first-order valence-corrected chi connectivity index (χ1v) is 6.02. The van der Waals surface area contributed by atoms with Gasteiger partial charge in [0.25, 0.3) is 5.91 Å². The summed E-state index contributed by atoms with van der Waals surface area (Å²) in [6.07, 6.45) is 2.54. The molecular formula is C13H10ClN3O3. The van der Waals surface area contributed by atoms with Gasteiger partial charge in [0.1, 0.15) is 17.4 Å². The van der Waals surface area contributed by atoms with Crippen LogP contribution in [0.1, 0.15) is 10.5 Å². The molecule has 0 radical (unpaired) electrons. The summed E-state index contributed by atoms with van der Waals surface area (Å²) in [5.74, 6) is -1.70. The van der Waals surface area contributed by atoms with Crippen molar-refractivity contribution in [3.8, 4) is 0 Å². The summed E-state index contributed by atoms with van der Waals surface area (Å²) in [5, 5.41) is 9.01. The molecule has 1 heterocycles. The van der Waals surface area contributed by atoms with Crippen molar-refractivity contribution in [3.05, 3.63) is 53.6 Å². The first-order chi connectivity index (χ1) is 9.58. The maximum atomic E-state index is 12.3. The minimum Gasteiger partial charge on any atom is -0.480 e. The van der Waals surface area contributed by atoms with Crippen LogP contribution in [0, 0.1) is 0 Å². The molecular weight excluding hydrogens is 282 g/mol. The number of aliphatic carboxylic acids is 1. The number of para-hydroxylation sites is 1. The standard InChI is InChI=1S/C13H10ClN3O3/c14-11-7-15-6-10(16-11)13(20)17(8-12(18)19)9-4-2-1-3-5-9/h1-7H,8H2,(H,18,19). The number of carbonyl (C=O) groups excluding carboxylic acids is 1. The molecule has 0 aliphatic rings. The first kappa shape index (κ1) is 14.0. The van der Waals surface area contributed by atoms with Crippen molar-refractivity contribution in [2.24, 2.45) is 0 Å². The lowest BCUT2D eigenvalue weighted by Crippen LogP contribution is -2.36. The molecule has 0 saturated carbocycles. The number of hydrogen-bond acceptors (Lipinski definition) is 4. The number of nitrogens with zero attached hydrogens (tertiary/aromatic N) is 3. The third-order valence-corrected chi connectivity index (χ3v) is 2.61. The molecule has 7 heteroatoms. The molecule has 0 aliphatic heterocycles. The third-order valence-electron chi connectivity index (χ3n) is 2.43. The molecule has 0 saturated heterocycles. The van der Waals surface area contributed by atoms with Gasteiger partial charge in [-0.3, -0.25) is 19.5 Å². The number of carboxylic acids is 1. The van der Waals surface area contributed by atoms with Gasteiger partial charge in [0, 0.05) is 5.69 Å². The van der Waals surface area contributed by atoms with Gasteiger partial charge in [0.2, 0.25) is 0 Å². The number of carboxylic acid groups (broad SMARTS) is 1. The highest BCUT2D eigenvalue weighted by molar-refractivity contribution is 6.29. The Morgan fingerprint density at radius 2 is 1.90 bits per heavy atom. The number of carbonyl (C=O) groups is 2. The van der Waals surface area contributed by atoms with Crippen molar-refractivity contribution >= 4 is 29.2 Å². The molecule has 1 N–H and O–H groups in total. The number of amides is 1. The van der Waals surface area contributed by atoms with Gasteiger partial charge in [0.05, 0.1) is 12.4 Å². The lowest BCUT2D eigenvalue weighted by molar-refractivity contribution is -0.135. The Balaban J connectivity index is 2.36. The van der Waals surface area contributed by atoms with E-state index in [1.165, 1.54) is 12.4 Å². The van der Waals surface area contributed by atoms with Crippen LogP contribution in [0.2, 0.25) is 5.15 Å². The zero-order chi connectivity index (χ0) is 14.5. The second kappa shape index (κ2) is 6.12. The molecule has 0 spiro atoms. The second-order valence-electron chi connectivity index (χ2n) is 3.85. The number of aromatic nitrogens is 2. The summed E-state index contributed by atoms with van der Waals surface area (Å²) in [6, 6.07) is 8.46. The minimum absolute atomic E-state index is 0.0115. The molecule has 1 amide bonds. The predicted molar refractivity (Wildman–Crippen MR) is 72.8 cm³/mol. The third kappa shape index (κ3) is 3.30. The highest BCUT2D eigenvalue weighted by Gasteiger charge is 2.21. The minimum atomic E-state index is -1.13. The molecule has 0 unspecified atom stereocenters. The number of anilines is 1. The zero-order valence-electron chi connectivity index (χ0n) is 10.2. The van der Waals surface area contributed by atoms with E-state index < -0.39 is 18.4 Å². The van der Waals surface area contributed by atoms with E-state index in [4.69, 9.17) is 16.7 Å². The molecule has 1 aromatic heterocycles. The Hall–Kier alpha value is -2.47. The fraction of sp³-hybridized carbons (Fsp3) is 0.0769. The summed E-state index contributed by atoms with van der Waals surface area (Å²) >= 11 is 5.68. The molecule has 6 nitrogen and oxygen atoms in total. The normalized spacial score (nSPS) is 10.1. The van der Waals surface area contributed by atoms with Gasteiger partial charge in [-0.05, 0) is 12.1 Å². The lowest BCUT2D eigenvalue weighted by atomic mass is 10.2. The number of hydrogen-bond donors (Lipinski definition) is 1. The van der Waals surface area contributed by atoms with Gasteiger partial charge >= 0.3 is 5.97 Å². The maximum Gasteiger partial charge on any atom is 0.323 e. The van der Waals surface area contributed by atoms with Crippen LogP contribution in [0.15, 0.2) is 42.7 Å². The molecule has 2 rings (SSSR count). The molecule has 102 valence electrons. The predicted octanol–water partition coefficient (Wildman–Crippen LogP) is 1.86. The van der Waals surface area contributed by atoms with Gasteiger partial charge in [-0.2, -0.15) is 0 Å². The van der Waals surface area contributed by atoms with Crippen LogP contribution >= 0.6 is 11.6 Å². The quantitative estimate of drug-likeness (QED) is 0.929. The van der Waals surface area contributed by atoms with Crippen molar-refractivity contribution in [1.29, 1.82) is 0 Å². The summed E-state index contributed by atoms with van der Waals surface area (Å²) < 4.78 is 0.